The minimum absolute atomic E-state index is 0.0484. The Balaban J connectivity index is 1.92. The SMILES string of the molecule is COc1ccc(O)c(C(=O)c2cc(C#N)c(=O)n(CC[NH+]3CCOCC3)c2)c1. The number of hydrogen-bond donors (Lipinski definition) is 2. The van der Waals surface area contributed by atoms with E-state index in [1.165, 1.54) is 41.0 Å². The largest absolute Gasteiger partial charge is 0.507 e. The van der Waals surface area contributed by atoms with Crippen LogP contribution in [-0.4, -0.2) is 55.4 Å². The zero-order chi connectivity index (χ0) is 20.1. The van der Waals surface area contributed by atoms with Gasteiger partial charge in [0.2, 0.25) is 0 Å². The predicted octanol–water partition coefficient (Wildman–Crippen LogP) is -0.420. The highest BCUT2D eigenvalue weighted by atomic mass is 16.5. The fourth-order valence-corrected chi connectivity index (χ4v) is 3.17. The second-order valence-corrected chi connectivity index (χ2v) is 6.58. The van der Waals surface area contributed by atoms with Crippen LogP contribution >= 0.6 is 0 Å². The number of rotatable bonds is 6. The Morgan fingerprint density at radius 1 is 1.36 bits per heavy atom. The number of quaternary nitrogens is 1. The van der Waals surface area contributed by atoms with Gasteiger partial charge in [-0.25, -0.2) is 0 Å². The standard InChI is InChI=1S/C20H21N3O5/c1-27-16-2-3-18(24)17(11-16)19(25)15-10-14(12-21)20(26)23(13-15)5-4-22-6-8-28-9-7-22/h2-3,10-11,13,24H,4-9H2,1H3/p+1. The number of methoxy groups -OCH3 is 1. The lowest BCUT2D eigenvalue weighted by Gasteiger charge is -2.24. The fraction of sp³-hybridized carbons (Fsp3) is 0.350. The van der Waals surface area contributed by atoms with Crippen LogP contribution in [-0.2, 0) is 11.3 Å². The molecule has 8 nitrogen and oxygen atoms in total. The Bertz CT molecular complexity index is 971. The Hall–Kier alpha value is -3.15. The molecular formula is C20H22N3O5+. The summed E-state index contributed by atoms with van der Waals surface area (Å²) in [7, 11) is 1.46. The number of aromatic hydroxyl groups is 1. The van der Waals surface area contributed by atoms with Gasteiger partial charge in [0.25, 0.3) is 5.56 Å². The molecule has 0 amide bonds. The van der Waals surface area contributed by atoms with Crippen LogP contribution in [0.5, 0.6) is 11.5 Å². The van der Waals surface area contributed by atoms with E-state index in [1.807, 2.05) is 6.07 Å². The lowest BCUT2D eigenvalue weighted by molar-refractivity contribution is -0.908. The lowest BCUT2D eigenvalue weighted by atomic mass is 10.0. The van der Waals surface area contributed by atoms with E-state index in [9.17, 15) is 20.0 Å². The van der Waals surface area contributed by atoms with Gasteiger partial charge in [-0.05, 0) is 24.3 Å². The average molecular weight is 384 g/mol. The second-order valence-electron chi connectivity index (χ2n) is 6.58. The van der Waals surface area contributed by atoms with Crippen LogP contribution in [0.25, 0.3) is 0 Å². The van der Waals surface area contributed by atoms with Crippen molar-refractivity contribution >= 4 is 5.78 Å². The smallest absolute Gasteiger partial charge is 0.268 e. The highest BCUT2D eigenvalue weighted by molar-refractivity contribution is 6.10. The van der Waals surface area contributed by atoms with Gasteiger partial charge in [0.05, 0.1) is 39.0 Å². The topological polar surface area (TPSA) is 106 Å². The number of hydrogen-bond acceptors (Lipinski definition) is 6. The van der Waals surface area contributed by atoms with Crippen LogP contribution in [0.2, 0.25) is 0 Å². The van der Waals surface area contributed by atoms with E-state index in [-0.39, 0.29) is 22.4 Å². The van der Waals surface area contributed by atoms with Gasteiger partial charge < -0.3 is 24.0 Å². The van der Waals surface area contributed by atoms with Crippen LogP contribution < -0.4 is 15.2 Å². The minimum Gasteiger partial charge on any atom is -0.507 e. The Kier molecular flexibility index (Phi) is 6.09. The van der Waals surface area contributed by atoms with Crippen molar-refractivity contribution in [3.8, 4) is 17.6 Å². The maximum absolute atomic E-state index is 12.9. The average Bonchev–Trinajstić information content (AvgIpc) is 2.73. The molecule has 0 bridgehead atoms. The number of phenols is 1. The van der Waals surface area contributed by atoms with E-state index in [0.29, 0.717) is 32.1 Å². The Labute approximate surface area is 162 Å². The summed E-state index contributed by atoms with van der Waals surface area (Å²) in [5.41, 5.74) is -0.323. The van der Waals surface area contributed by atoms with Crippen LogP contribution in [0.15, 0.2) is 35.3 Å². The number of carbonyl (C=O) groups excluding carboxylic acids is 1. The molecule has 1 saturated heterocycles. The molecule has 1 aliphatic heterocycles. The molecule has 0 atom stereocenters. The third-order valence-corrected chi connectivity index (χ3v) is 4.82. The summed E-state index contributed by atoms with van der Waals surface area (Å²) in [6.07, 6.45) is 1.45. The van der Waals surface area contributed by atoms with Crippen molar-refractivity contribution in [2.45, 2.75) is 6.54 Å². The molecule has 0 spiro atoms. The number of benzene rings is 1. The molecule has 2 heterocycles. The van der Waals surface area contributed by atoms with Gasteiger partial charge in [-0.3, -0.25) is 9.59 Å². The van der Waals surface area contributed by atoms with Crippen LogP contribution in [0.1, 0.15) is 21.5 Å². The number of nitriles is 1. The molecule has 1 aromatic heterocycles. The molecule has 3 rings (SSSR count). The highest BCUT2D eigenvalue weighted by Gasteiger charge is 2.19. The number of ether oxygens (including phenoxy) is 2. The number of morpholine rings is 1. The van der Waals surface area contributed by atoms with Crippen LogP contribution in [0.4, 0.5) is 0 Å². The van der Waals surface area contributed by atoms with Crippen molar-refractivity contribution < 1.29 is 24.3 Å². The molecule has 146 valence electrons. The van der Waals surface area contributed by atoms with Crippen molar-refractivity contribution in [3.63, 3.8) is 0 Å². The van der Waals surface area contributed by atoms with Crippen LogP contribution in [0.3, 0.4) is 0 Å². The van der Waals surface area contributed by atoms with E-state index in [2.05, 4.69) is 0 Å². The molecule has 2 N–H and O–H groups in total. The van der Waals surface area contributed by atoms with Crippen molar-refractivity contribution in [2.24, 2.45) is 0 Å². The van der Waals surface area contributed by atoms with E-state index >= 15 is 0 Å². The molecule has 0 radical (unpaired) electrons. The number of nitrogens with one attached hydrogen (secondary N) is 1. The van der Waals surface area contributed by atoms with Gasteiger partial charge in [-0.15, -0.1) is 0 Å². The highest BCUT2D eigenvalue weighted by Crippen LogP contribution is 2.25. The number of carbonyl (C=O) groups is 1. The van der Waals surface area contributed by atoms with Gasteiger partial charge in [0.1, 0.15) is 36.2 Å². The Morgan fingerprint density at radius 2 is 2.11 bits per heavy atom. The van der Waals surface area contributed by atoms with Gasteiger partial charge in [0.15, 0.2) is 5.78 Å². The third-order valence-electron chi connectivity index (χ3n) is 4.82. The summed E-state index contributed by atoms with van der Waals surface area (Å²) < 4.78 is 11.8. The molecule has 0 unspecified atom stereocenters. The fourth-order valence-electron chi connectivity index (χ4n) is 3.17. The van der Waals surface area contributed by atoms with Crippen molar-refractivity contribution in [1.82, 2.24) is 4.57 Å². The second kappa shape index (κ2) is 8.69. The van der Waals surface area contributed by atoms with Gasteiger partial charge in [-0.2, -0.15) is 5.26 Å². The number of nitrogens with zero attached hydrogens (tertiary/aromatic N) is 2. The lowest BCUT2D eigenvalue weighted by Crippen LogP contribution is -3.14. The molecule has 28 heavy (non-hydrogen) atoms. The summed E-state index contributed by atoms with van der Waals surface area (Å²) in [4.78, 5) is 26.7. The summed E-state index contributed by atoms with van der Waals surface area (Å²) >= 11 is 0. The zero-order valence-corrected chi connectivity index (χ0v) is 15.6. The summed E-state index contributed by atoms with van der Waals surface area (Å²) in [6.45, 7) is 4.15. The van der Waals surface area contributed by atoms with E-state index < -0.39 is 11.3 Å². The predicted molar refractivity (Wildman–Crippen MR) is 99.9 cm³/mol. The summed E-state index contributed by atoms with van der Waals surface area (Å²) in [5, 5.41) is 19.4. The van der Waals surface area contributed by atoms with Gasteiger partial charge in [-0.1, -0.05) is 0 Å². The maximum atomic E-state index is 12.9. The minimum atomic E-state index is -0.486. The molecule has 0 aliphatic carbocycles. The molecule has 1 aliphatic rings. The summed E-state index contributed by atoms with van der Waals surface area (Å²) in [5.74, 6) is -0.258. The van der Waals surface area contributed by atoms with E-state index in [0.717, 1.165) is 13.1 Å². The zero-order valence-electron chi connectivity index (χ0n) is 15.6. The van der Waals surface area contributed by atoms with Crippen molar-refractivity contribution in [1.29, 1.82) is 5.26 Å². The molecule has 2 aromatic rings. The quantitative estimate of drug-likeness (QED) is 0.656. The van der Waals surface area contributed by atoms with Crippen molar-refractivity contribution in [2.75, 3.05) is 40.0 Å². The molecule has 8 heteroatoms. The molecule has 1 fully saturated rings. The first-order valence-corrected chi connectivity index (χ1v) is 9.01. The van der Waals surface area contributed by atoms with Crippen LogP contribution in [0, 0.1) is 11.3 Å². The first-order chi connectivity index (χ1) is 13.5. The molecular weight excluding hydrogens is 362 g/mol. The monoisotopic (exact) mass is 384 g/mol. The molecule has 1 aromatic carbocycles. The number of aromatic nitrogens is 1. The maximum Gasteiger partial charge on any atom is 0.268 e. The number of phenolic OH excluding ortho intramolecular Hbond substituents is 1. The summed E-state index contributed by atoms with van der Waals surface area (Å²) in [6, 6.07) is 7.46. The number of pyridine rings is 1. The van der Waals surface area contributed by atoms with E-state index in [4.69, 9.17) is 9.47 Å². The third kappa shape index (κ3) is 4.22. The first-order valence-electron chi connectivity index (χ1n) is 9.01. The first kappa shape index (κ1) is 19.6. The number of ketones is 1. The van der Waals surface area contributed by atoms with Gasteiger partial charge >= 0.3 is 0 Å². The normalized spacial score (nSPS) is 14.4. The Morgan fingerprint density at radius 3 is 2.79 bits per heavy atom. The molecule has 0 saturated carbocycles. The van der Waals surface area contributed by atoms with Crippen molar-refractivity contribution in [3.05, 3.63) is 57.5 Å². The van der Waals surface area contributed by atoms with E-state index in [1.54, 1.807) is 6.07 Å². The van der Waals surface area contributed by atoms with Gasteiger partial charge in [0, 0.05) is 11.8 Å².